The second-order valence-electron chi connectivity index (χ2n) is 7.28. The summed E-state index contributed by atoms with van der Waals surface area (Å²) in [4.78, 5) is 18.4. The average Bonchev–Trinajstić information content (AvgIpc) is 2.73. The Bertz CT molecular complexity index is 1050. The van der Waals surface area contributed by atoms with Crippen LogP contribution in [0.2, 0.25) is 5.02 Å². The Labute approximate surface area is 181 Å². The summed E-state index contributed by atoms with van der Waals surface area (Å²) >= 11 is 7.89. The molecule has 148 valence electrons. The Hall–Kier alpha value is -2.27. The summed E-state index contributed by atoms with van der Waals surface area (Å²) in [6.07, 6.45) is 1.82. The van der Waals surface area contributed by atoms with Crippen molar-refractivity contribution in [2.24, 2.45) is 0 Å². The molecule has 3 aromatic rings. The summed E-state index contributed by atoms with van der Waals surface area (Å²) in [5.41, 5.74) is 2.20. The molecular weight excluding hydrogens is 400 g/mol. The Balaban J connectivity index is 1.76. The molecule has 29 heavy (non-hydrogen) atoms. The van der Waals surface area contributed by atoms with Crippen molar-refractivity contribution in [2.45, 2.75) is 10.1 Å². The molecule has 4 rings (SSSR count). The Kier molecular flexibility index (Phi) is 5.95. The first-order chi connectivity index (χ1) is 14.1. The Morgan fingerprint density at radius 2 is 1.97 bits per heavy atom. The zero-order chi connectivity index (χ0) is 20.4. The number of amides is 1. The summed E-state index contributed by atoms with van der Waals surface area (Å²) in [5, 5.41) is 3.15. The average molecular weight is 423 g/mol. The molecule has 0 saturated heterocycles. The van der Waals surface area contributed by atoms with Crippen LogP contribution in [-0.4, -0.2) is 37.5 Å². The lowest BCUT2D eigenvalue weighted by Gasteiger charge is -2.36. The van der Waals surface area contributed by atoms with Crippen LogP contribution >= 0.6 is 23.4 Å². The van der Waals surface area contributed by atoms with Gasteiger partial charge in [0.15, 0.2) is 0 Å². The predicted octanol–water partition coefficient (Wildman–Crippen LogP) is 5.79. The van der Waals surface area contributed by atoms with Crippen LogP contribution in [0.1, 0.15) is 10.8 Å². The minimum absolute atomic E-state index is 0.103. The molecule has 1 aliphatic heterocycles. The van der Waals surface area contributed by atoms with Crippen molar-refractivity contribution in [3.63, 3.8) is 0 Å². The van der Waals surface area contributed by atoms with Gasteiger partial charge in [-0.2, -0.15) is 0 Å². The lowest BCUT2D eigenvalue weighted by Crippen LogP contribution is -2.42. The van der Waals surface area contributed by atoms with E-state index in [1.807, 2.05) is 59.0 Å². The minimum atomic E-state index is 0.103. The van der Waals surface area contributed by atoms with Crippen molar-refractivity contribution in [1.82, 2.24) is 4.90 Å². The number of anilines is 1. The van der Waals surface area contributed by atoms with Gasteiger partial charge in [0.05, 0.1) is 17.5 Å². The summed E-state index contributed by atoms with van der Waals surface area (Å²) in [7, 11) is 1.94. The van der Waals surface area contributed by atoms with Crippen LogP contribution in [0.4, 0.5) is 5.69 Å². The van der Waals surface area contributed by atoms with Gasteiger partial charge in [-0.05, 0) is 36.2 Å². The van der Waals surface area contributed by atoms with Gasteiger partial charge in [0, 0.05) is 28.4 Å². The first kappa shape index (κ1) is 20.0. The molecule has 0 N–H and O–H groups in total. The largest absolute Gasteiger partial charge is 0.308 e. The third-order valence-electron chi connectivity index (χ3n) is 5.14. The lowest BCUT2D eigenvalue weighted by molar-refractivity contribution is -0.119. The fourth-order valence-corrected chi connectivity index (χ4v) is 5.16. The SMILES string of the molecule is C=CCN(C)CC(=O)N1CC(c2ccc(Cl)cc2)Sc2ccc3ccccc3c21. The highest BCUT2D eigenvalue weighted by atomic mass is 35.5. The Morgan fingerprint density at radius 1 is 1.21 bits per heavy atom. The first-order valence-electron chi connectivity index (χ1n) is 9.60. The number of carbonyl (C=O) groups is 1. The molecule has 0 aliphatic carbocycles. The van der Waals surface area contributed by atoms with E-state index in [1.165, 1.54) is 5.56 Å². The van der Waals surface area contributed by atoms with Crippen LogP contribution in [0.3, 0.4) is 0 Å². The van der Waals surface area contributed by atoms with Gasteiger partial charge in [0.25, 0.3) is 0 Å². The van der Waals surface area contributed by atoms with Crippen LogP contribution in [0, 0.1) is 0 Å². The van der Waals surface area contributed by atoms with E-state index in [2.05, 4.69) is 43.0 Å². The molecule has 1 atom stereocenters. The van der Waals surface area contributed by atoms with Crippen LogP contribution in [0.15, 0.2) is 78.2 Å². The zero-order valence-electron chi connectivity index (χ0n) is 16.3. The number of likely N-dealkylation sites (N-methyl/N-ethyl adjacent to an activating group) is 1. The molecule has 1 heterocycles. The van der Waals surface area contributed by atoms with Crippen molar-refractivity contribution in [3.05, 3.63) is 83.9 Å². The highest BCUT2D eigenvalue weighted by Crippen LogP contribution is 2.48. The fraction of sp³-hybridized carbons (Fsp3) is 0.208. The zero-order valence-corrected chi connectivity index (χ0v) is 17.9. The summed E-state index contributed by atoms with van der Waals surface area (Å²) in [6, 6.07) is 20.5. The maximum absolute atomic E-state index is 13.3. The molecule has 0 saturated carbocycles. The number of thioether (sulfide) groups is 1. The van der Waals surface area contributed by atoms with Gasteiger partial charge >= 0.3 is 0 Å². The molecule has 0 bridgehead atoms. The van der Waals surface area contributed by atoms with Crippen LogP contribution in [-0.2, 0) is 4.79 Å². The molecular formula is C24H23ClN2OS. The van der Waals surface area contributed by atoms with Crippen LogP contribution in [0.25, 0.3) is 10.8 Å². The van der Waals surface area contributed by atoms with E-state index in [4.69, 9.17) is 11.6 Å². The van der Waals surface area contributed by atoms with Crippen molar-refractivity contribution in [1.29, 1.82) is 0 Å². The third-order valence-corrected chi connectivity index (χ3v) is 6.68. The highest BCUT2D eigenvalue weighted by Gasteiger charge is 2.31. The highest BCUT2D eigenvalue weighted by molar-refractivity contribution is 7.99. The molecule has 1 amide bonds. The van der Waals surface area contributed by atoms with Gasteiger partial charge in [-0.3, -0.25) is 9.69 Å². The maximum Gasteiger partial charge on any atom is 0.241 e. The van der Waals surface area contributed by atoms with E-state index < -0.39 is 0 Å². The van der Waals surface area contributed by atoms with E-state index in [0.717, 1.165) is 26.4 Å². The maximum atomic E-state index is 13.3. The normalized spacial score (nSPS) is 16.1. The number of rotatable bonds is 5. The summed E-state index contributed by atoms with van der Waals surface area (Å²) in [5.74, 6) is 0.103. The van der Waals surface area contributed by atoms with Gasteiger partial charge in [-0.25, -0.2) is 0 Å². The topological polar surface area (TPSA) is 23.6 Å². The Morgan fingerprint density at radius 3 is 2.72 bits per heavy atom. The molecule has 0 fully saturated rings. The van der Waals surface area contributed by atoms with Crippen LogP contribution in [0.5, 0.6) is 0 Å². The molecule has 0 aromatic heterocycles. The van der Waals surface area contributed by atoms with Crippen LogP contribution < -0.4 is 4.90 Å². The van der Waals surface area contributed by atoms with Crippen molar-refractivity contribution < 1.29 is 4.79 Å². The smallest absolute Gasteiger partial charge is 0.241 e. The molecule has 1 aliphatic rings. The van der Waals surface area contributed by atoms with Crippen molar-refractivity contribution in [2.75, 3.05) is 31.6 Å². The number of carbonyl (C=O) groups excluding carboxylic acids is 1. The predicted molar refractivity (Wildman–Crippen MR) is 124 cm³/mol. The van der Waals surface area contributed by atoms with E-state index >= 15 is 0 Å². The molecule has 5 heteroatoms. The number of hydrogen-bond acceptors (Lipinski definition) is 3. The number of hydrogen-bond donors (Lipinski definition) is 0. The number of fused-ring (bicyclic) bond motifs is 3. The van der Waals surface area contributed by atoms with Gasteiger partial charge < -0.3 is 4.90 Å². The van der Waals surface area contributed by atoms with Gasteiger partial charge in [-0.1, -0.05) is 60.1 Å². The molecule has 1 unspecified atom stereocenters. The quantitative estimate of drug-likeness (QED) is 0.486. The third kappa shape index (κ3) is 4.20. The second-order valence-corrected chi connectivity index (χ2v) is 8.96. The van der Waals surface area contributed by atoms with E-state index in [-0.39, 0.29) is 11.2 Å². The lowest BCUT2D eigenvalue weighted by atomic mass is 10.1. The second kappa shape index (κ2) is 8.62. The molecule has 3 nitrogen and oxygen atoms in total. The summed E-state index contributed by atoms with van der Waals surface area (Å²) in [6.45, 7) is 5.44. The number of nitrogens with zero attached hydrogens (tertiary/aromatic N) is 2. The monoisotopic (exact) mass is 422 g/mol. The standard InChI is InChI=1S/C24H23ClN2OS/c1-3-14-26(2)16-23(28)27-15-22(18-8-11-19(25)12-9-18)29-21-13-10-17-6-4-5-7-20(17)24(21)27/h3-13,22H,1,14-16H2,2H3. The molecule has 3 aromatic carbocycles. The number of benzene rings is 3. The first-order valence-corrected chi connectivity index (χ1v) is 10.9. The molecule has 0 radical (unpaired) electrons. The summed E-state index contributed by atoms with van der Waals surface area (Å²) < 4.78 is 0. The number of halogens is 1. The van der Waals surface area contributed by atoms with Gasteiger partial charge in [0.2, 0.25) is 5.91 Å². The minimum Gasteiger partial charge on any atom is -0.308 e. The van der Waals surface area contributed by atoms with Crippen molar-refractivity contribution >= 4 is 45.7 Å². The fourth-order valence-electron chi connectivity index (χ4n) is 3.73. The van der Waals surface area contributed by atoms with Crippen molar-refractivity contribution in [3.8, 4) is 0 Å². The van der Waals surface area contributed by atoms with E-state index in [0.29, 0.717) is 19.6 Å². The van der Waals surface area contributed by atoms with E-state index in [9.17, 15) is 4.79 Å². The molecule has 0 spiro atoms. The van der Waals surface area contributed by atoms with E-state index in [1.54, 1.807) is 0 Å². The van der Waals surface area contributed by atoms with Gasteiger partial charge in [0.1, 0.15) is 0 Å². The van der Waals surface area contributed by atoms with Gasteiger partial charge in [-0.15, -0.1) is 18.3 Å².